The molecule has 178 valence electrons. The van der Waals surface area contributed by atoms with Crippen molar-refractivity contribution in [3.8, 4) is 22.8 Å². The Hall–Kier alpha value is -2.32. The van der Waals surface area contributed by atoms with E-state index in [1.807, 2.05) is 12.1 Å². The molecule has 1 aliphatic carbocycles. The number of esters is 1. The number of hydrogen-bond acceptors (Lipinski definition) is 6. The lowest BCUT2D eigenvalue weighted by molar-refractivity contribution is 0.0522. The van der Waals surface area contributed by atoms with Gasteiger partial charge in [-0.15, -0.1) is 0 Å². The molecule has 0 spiro atoms. The normalized spacial score (nSPS) is 16.7. The number of benzene rings is 1. The van der Waals surface area contributed by atoms with Crippen molar-refractivity contribution < 1.29 is 23.7 Å². The predicted molar refractivity (Wildman–Crippen MR) is 128 cm³/mol. The van der Waals surface area contributed by atoms with Crippen LogP contribution in [-0.2, 0) is 9.47 Å². The molecule has 4 rings (SSSR count). The largest absolute Gasteiger partial charge is 0.492 e. The zero-order valence-electron chi connectivity index (χ0n) is 19.5. The number of rotatable bonds is 9. The van der Waals surface area contributed by atoms with E-state index in [0.29, 0.717) is 24.7 Å². The Kier molecular flexibility index (Phi) is 7.14. The maximum absolute atomic E-state index is 13.5. The molecule has 0 bridgehead atoms. The first-order valence-corrected chi connectivity index (χ1v) is 12.3. The molecule has 7 nitrogen and oxygen atoms in total. The molecule has 1 aromatic heterocycles. The summed E-state index contributed by atoms with van der Waals surface area (Å²) >= 11 is 3.62. The summed E-state index contributed by atoms with van der Waals surface area (Å²) in [6.07, 6.45) is 2.27. The van der Waals surface area contributed by atoms with Crippen LogP contribution in [0.2, 0.25) is 0 Å². The number of halogens is 1. The minimum atomic E-state index is -0.589. The summed E-state index contributed by atoms with van der Waals surface area (Å²) in [5, 5.41) is 0. The highest BCUT2D eigenvalue weighted by atomic mass is 79.9. The molecule has 0 radical (unpaired) electrons. The molecule has 1 saturated carbocycles. The van der Waals surface area contributed by atoms with Gasteiger partial charge in [-0.25, -0.2) is 4.79 Å². The van der Waals surface area contributed by atoms with Crippen LogP contribution in [0.25, 0.3) is 11.3 Å². The van der Waals surface area contributed by atoms with Gasteiger partial charge in [-0.2, -0.15) is 0 Å². The van der Waals surface area contributed by atoms with E-state index in [1.54, 1.807) is 24.7 Å². The van der Waals surface area contributed by atoms with Gasteiger partial charge in [0.15, 0.2) is 0 Å². The van der Waals surface area contributed by atoms with Crippen molar-refractivity contribution in [1.29, 1.82) is 0 Å². The molecule has 0 N–H and O–H groups in total. The molecular formula is C25H30BrNO6. The third-order valence-electron chi connectivity index (χ3n) is 5.88. The SMILES string of the molecule is CCOC(=O)c1cc2c(n(C3CC3)c1=O)-c1cc(Br)c(OCCCOC)cc1OC2C(C)C. The van der Waals surface area contributed by atoms with Crippen molar-refractivity contribution in [2.45, 2.75) is 52.2 Å². The van der Waals surface area contributed by atoms with E-state index in [9.17, 15) is 9.59 Å². The number of carbonyl (C=O) groups excluding carboxylic acids is 1. The van der Waals surface area contributed by atoms with Crippen molar-refractivity contribution in [2.75, 3.05) is 26.9 Å². The van der Waals surface area contributed by atoms with Gasteiger partial charge in [-0.3, -0.25) is 4.79 Å². The third-order valence-corrected chi connectivity index (χ3v) is 6.50. The molecule has 0 saturated heterocycles. The average Bonchev–Trinajstić information content (AvgIpc) is 3.61. The minimum absolute atomic E-state index is 0.0670. The molecule has 1 unspecified atom stereocenters. The summed E-state index contributed by atoms with van der Waals surface area (Å²) < 4.78 is 25.2. The second-order valence-corrected chi connectivity index (χ2v) is 9.60. The first-order chi connectivity index (χ1) is 15.9. The van der Waals surface area contributed by atoms with E-state index < -0.39 is 5.97 Å². The summed E-state index contributed by atoms with van der Waals surface area (Å²) in [6.45, 7) is 7.22. The first kappa shape index (κ1) is 23.8. The van der Waals surface area contributed by atoms with Crippen LogP contribution in [-0.4, -0.2) is 37.5 Å². The van der Waals surface area contributed by atoms with Crippen LogP contribution in [0, 0.1) is 5.92 Å². The smallest absolute Gasteiger partial charge is 0.343 e. The fourth-order valence-electron chi connectivity index (χ4n) is 4.20. The van der Waals surface area contributed by atoms with Crippen molar-refractivity contribution in [1.82, 2.24) is 4.57 Å². The van der Waals surface area contributed by atoms with Crippen LogP contribution >= 0.6 is 15.9 Å². The van der Waals surface area contributed by atoms with Crippen LogP contribution in [0.1, 0.15) is 68.1 Å². The van der Waals surface area contributed by atoms with E-state index >= 15 is 0 Å². The van der Waals surface area contributed by atoms with Gasteiger partial charge in [0.05, 0.1) is 23.4 Å². The summed E-state index contributed by atoms with van der Waals surface area (Å²) in [4.78, 5) is 26.1. The molecule has 2 heterocycles. The van der Waals surface area contributed by atoms with Crippen LogP contribution in [0.3, 0.4) is 0 Å². The summed E-state index contributed by atoms with van der Waals surface area (Å²) in [7, 11) is 1.67. The Morgan fingerprint density at radius 3 is 2.64 bits per heavy atom. The van der Waals surface area contributed by atoms with Crippen LogP contribution < -0.4 is 15.0 Å². The Morgan fingerprint density at radius 2 is 2.00 bits per heavy atom. The number of nitrogens with zero attached hydrogens (tertiary/aromatic N) is 1. The highest BCUT2D eigenvalue weighted by Gasteiger charge is 2.38. The maximum Gasteiger partial charge on any atom is 0.343 e. The van der Waals surface area contributed by atoms with E-state index in [4.69, 9.17) is 18.9 Å². The molecule has 1 aromatic carbocycles. The second-order valence-electron chi connectivity index (χ2n) is 8.74. The quantitative estimate of drug-likeness (QED) is 0.330. The molecule has 0 amide bonds. The Balaban J connectivity index is 1.87. The first-order valence-electron chi connectivity index (χ1n) is 11.5. The molecule has 8 heteroatoms. The van der Waals surface area contributed by atoms with Gasteiger partial charge < -0.3 is 23.5 Å². The number of ether oxygens (including phenoxy) is 4. The van der Waals surface area contributed by atoms with E-state index in [2.05, 4.69) is 29.8 Å². The lowest BCUT2D eigenvalue weighted by Gasteiger charge is -2.33. The monoisotopic (exact) mass is 519 g/mol. The van der Waals surface area contributed by atoms with Crippen molar-refractivity contribution in [2.24, 2.45) is 5.92 Å². The number of hydrogen-bond donors (Lipinski definition) is 0. The molecule has 1 aliphatic heterocycles. The number of methoxy groups -OCH3 is 1. The van der Waals surface area contributed by atoms with E-state index in [0.717, 1.165) is 40.6 Å². The fourth-order valence-corrected chi connectivity index (χ4v) is 4.66. The minimum Gasteiger partial charge on any atom is -0.492 e. The Bertz CT molecular complexity index is 1110. The highest BCUT2D eigenvalue weighted by molar-refractivity contribution is 9.10. The molecule has 1 atom stereocenters. The second kappa shape index (κ2) is 9.89. The van der Waals surface area contributed by atoms with Crippen LogP contribution in [0.15, 0.2) is 27.5 Å². The lowest BCUT2D eigenvalue weighted by Crippen LogP contribution is -2.32. The van der Waals surface area contributed by atoms with Crippen molar-refractivity contribution in [3.63, 3.8) is 0 Å². The van der Waals surface area contributed by atoms with Gasteiger partial charge >= 0.3 is 5.97 Å². The Morgan fingerprint density at radius 1 is 1.24 bits per heavy atom. The molecule has 2 aliphatic rings. The zero-order chi connectivity index (χ0) is 23.7. The standard InChI is InChI=1S/C25H30BrNO6/c1-5-31-25(29)18-11-17-22(27(24(18)28)15-7-8-15)16-12-19(26)21(32-10-6-9-30-4)13-20(16)33-23(17)14(2)3/h11-15,23H,5-10H2,1-4H3. The van der Waals surface area contributed by atoms with Gasteiger partial charge in [0.2, 0.25) is 0 Å². The molecule has 2 aromatic rings. The Labute approximate surface area is 202 Å². The summed E-state index contributed by atoms with van der Waals surface area (Å²) in [5.41, 5.74) is 2.24. The maximum atomic E-state index is 13.5. The topological polar surface area (TPSA) is 76.0 Å². The van der Waals surface area contributed by atoms with Gasteiger partial charge in [-0.1, -0.05) is 13.8 Å². The number of carbonyl (C=O) groups is 1. The number of pyridine rings is 1. The lowest BCUT2D eigenvalue weighted by atomic mass is 9.90. The van der Waals surface area contributed by atoms with Crippen molar-refractivity contribution in [3.05, 3.63) is 44.2 Å². The third kappa shape index (κ3) is 4.68. The van der Waals surface area contributed by atoms with Gasteiger partial charge in [-0.05, 0) is 53.7 Å². The van der Waals surface area contributed by atoms with Gasteiger partial charge in [0.1, 0.15) is 23.2 Å². The van der Waals surface area contributed by atoms with Crippen LogP contribution in [0.4, 0.5) is 0 Å². The zero-order valence-corrected chi connectivity index (χ0v) is 21.1. The van der Waals surface area contributed by atoms with E-state index in [-0.39, 0.29) is 35.8 Å². The number of fused-ring (bicyclic) bond motifs is 3. The predicted octanol–water partition coefficient (Wildman–Crippen LogP) is 5.29. The van der Waals surface area contributed by atoms with Gasteiger partial charge in [0.25, 0.3) is 5.56 Å². The molecular weight excluding hydrogens is 490 g/mol. The van der Waals surface area contributed by atoms with Gasteiger partial charge in [0, 0.05) is 43.4 Å². The highest BCUT2D eigenvalue weighted by Crippen LogP contribution is 2.50. The number of aromatic nitrogens is 1. The molecule has 33 heavy (non-hydrogen) atoms. The van der Waals surface area contributed by atoms with Crippen LogP contribution in [0.5, 0.6) is 11.5 Å². The molecule has 1 fully saturated rings. The summed E-state index contributed by atoms with van der Waals surface area (Å²) in [5.74, 6) is 0.879. The van der Waals surface area contributed by atoms with E-state index in [1.165, 1.54) is 0 Å². The fraction of sp³-hybridized carbons (Fsp3) is 0.520. The summed E-state index contributed by atoms with van der Waals surface area (Å²) in [6, 6.07) is 5.57. The average molecular weight is 520 g/mol. The van der Waals surface area contributed by atoms with Crippen molar-refractivity contribution >= 4 is 21.9 Å².